The lowest BCUT2D eigenvalue weighted by Gasteiger charge is -2.11. The maximum absolute atomic E-state index is 12.9. The molecule has 1 fully saturated rings. The van der Waals surface area contributed by atoms with E-state index in [9.17, 15) is 4.79 Å². The minimum absolute atomic E-state index is 0.109. The molecule has 0 atom stereocenters. The Balaban J connectivity index is 1.77. The second kappa shape index (κ2) is 10.4. The number of aromatic nitrogens is 2. The normalized spacial score (nSPS) is 14.9. The Labute approximate surface area is 210 Å². The van der Waals surface area contributed by atoms with Crippen molar-refractivity contribution in [1.82, 2.24) is 14.7 Å². The van der Waals surface area contributed by atoms with Crippen molar-refractivity contribution in [3.05, 3.63) is 83.4 Å². The fraction of sp³-hybridized carbons (Fsp3) is 0.222. The van der Waals surface area contributed by atoms with Crippen LogP contribution < -0.4 is 4.74 Å². The van der Waals surface area contributed by atoms with Gasteiger partial charge in [-0.25, -0.2) is 4.68 Å². The lowest BCUT2D eigenvalue weighted by molar-refractivity contribution is -0.121. The Bertz CT molecular complexity index is 1260. The van der Waals surface area contributed by atoms with Gasteiger partial charge in [-0.15, -0.1) is 6.58 Å². The third-order valence-electron chi connectivity index (χ3n) is 5.27. The minimum Gasteiger partial charge on any atom is -0.493 e. The Hall–Kier alpha value is -3.16. The van der Waals surface area contributed by atoms with Crippen molar-refractivity contribution in [1.29, 1.82) is 0 Å². The molecule has 1 aromatic heterocycles. The van der Waals surface area contributed by atoms with Gasteiger partial charge in [0.1, 0.15) is 15.8 Å². The molecule has 3 aromatic rings. The van der Waals surface area contributed by atoms with Gasteiger partial charge < -0.3 is 4.74 Å². The number of rotatable bonds is 8. The molecule has 2 heterocycles. The van der Waals surface area contributed by atoms with Gasteiger partial charge in [0.25, 0.3) is 5.91 Å². The maximum Gasteiger partial charge on any atom is 0.266 e. The van der Waals surface area contributed by atoms with Gasteiger partial charge in [0, 0.05) is 23.9 Å². The summed E-state index contributed by atoms with van der Waals surface area (Å²) in [5, 5.41) is 4.90. The molecule has 1 saturated heterocycles. The molecule has 0 radical (unpaired) electrons. The van der Waals surface area contributed by atoms with E-state index in [1.165, 1.54) is 11.8 Å². The molecule has 1 amide bonds. The first-order valence-electron chi connectivity index (χ1n) is 11.1. The summed E-state index contributed by atoms with van der Waals surface area (Å²) in [5.74, 6) is 1.18. The predicted octanol–water partition coefficient (Wildman–Crippen LogP) is 6.27. The van der Waals surface area contributed by atoms with Crippen molar-refractivity contribution in [2.75, 3.05) is 13.2 Å². The van der Waals surface area contributed by atoms with Crippen LogP contribution in [-0.4, -0.2) is 38.1 Å². The van der Waals surface area contributed by atoms with E-state index >= 15 is 0 Å². The van der Waals surface area contributed by atoms with Gasteiger partial charge in [0.2, 0.25) is 0 Å². The molecule has 2 aromatic carbocycles. The van der Waals surface area contributed by atoms with E-state index < -0.39 is 0 Å². The first-order chi connectivity index (χ1) is 16.4. The number of nitrogens with zero attached hydrogens (tertiary/aromatic N) is 3. The quantitative estimate of drug-likeness (QED) is 0.212. The summed E-state index contributed by atoms with van der Waals surface area (Å²) in [6.45, 7) is 11.1. The number of amides is 1. The number of carbonyl (C=O) groups excluding carboxylic acids is 1. The molecule has 0 N–H and O–H groups in total. The second-order valence-corrected chi connectivity index (χ2v) is 10.2. The lowest BCUT2D eigenvalue weighted by atomic mass is 10.0. The van der Waals surface area contributed by atoms with E-state index in [0.717, 1.165) is 33.8 Å². The van der Waals surface area contributed by atoms with Gasteiger partial charge >= 0.3 is 0 Å². The smallest absolute Gasteiger partial charge is 0.266 e. The molecule has 1 aliphatic heterocycles. The number of thiocarbonyl (C=S) groups is 1. The predicted molar refractivity (Wildman–Crippen MR) is 144 cm³/mol. The van der Waals surface area contributed by atoms with Crippen LogP contribution >= 0.6 is 24.0 Å². The zero-order chi connectivity index (χ0) is 24.2. The van der Waals surface area contributed by atoms with Crippen molar-refractivity contribution < 1.29 is 9.53 Å². The third kappa shape index (κ3) is 5.16. The standard InChI is InChI=1S/C27H27N3O2S2/c1-5-13-29-26(31)24(34-27(29)33)15-20-16-30(21-9-7-6-8-10-21)28-25(20)23-12-11-22(14-19(23)4)32-17-18(2)3/h5-12,14-16,18H,1,13,17H2,2-4H3/b24-15-. The highest BCUT2D eigenvalue weighted by Gasteiger charge is 2.31. The number of benzene rings is 2. The summed E-state index contributed by atoms with van der Waals surface area (Å²) in [4.78, 5) is 15.1. The molecule has 174 valence electrons. The van der Waals surface area contributed by atoms with Crippen LogP contribution in [0.15, 0.2) is 72.3 Å². The van der Waals surface area contributed by atoms with Crippen molar-refractivity contribution >= 4 is 40.3 Å². The zero-order valence-electron chi connectivity index (χ0n) is 19.5. The number of aryl methyl sites for hydroxylation is 1. The molecule has 0 spiro atoms. The first-order valence-corrected chi connectivity index (χ1v) is 12.3. The minimum atomic E-state index is -0.109. The van der Waals surface area contributed by atoms with Crippen LogP contribution in [0.1, 0.15) is 25.0 Å². The summed E-state index contributed by atoms with van der Waals surface area (Å²) in [6.07, 6.45) is 5.51. The van der Waals surface area contributed by atoms with Crippen molar-refractivity contribution in [3.8, 4) is 22.7 Å². The summed E-state index contributed by atoms with van der Waals surface area (Å²) >= 11 is 6.71. The summed E-state index contributed by atoms with van der Waals surface area (Å²) < 4.78 is 8.28. The molecule has 0 unspecified atom stereocenters. The highest BCUT2D eigenvalue weighted by molar-refractivity contribution is 8.26. The van der Waals surface area contributed by atoms with Crippen LogP contribution in [0, 0.1) is 12.8 Å². The van der Waals surface area contributed by atoms with Crippen LogP contribution in [0.5, 0.6) is 5.75 Å². The average molecular weight is 490 g/mol. The van der Waals surface area contributed by atoms with E-state index in [1.807, 2.05) is 72.4 Å². The number of thioether (sulfide) groups is 1. The van der Waals surface area contributed by atoms with Crippen LogP contribution in [-0.2, 0) is 4.79 Å². The number of carbonyl (C=O) groups is 1. The van der Waals surface area contributed by atoms with E-state index in [0.29, 0.717) is 28.3 Å². The van der Waals surface area contributed by atoms with Crippen LogP contribution in [0.3, 0.4) is 0 Å². The molecule has 4 rings (SSSR count). The molecule has 0 bridgehead atoms. The molecule has 0 aliphatic carbocycles. The number of hydrogen-bond acceptors (Lipinski definition) is 5. The molecular formula is C27H27N3O2S2. The Morgan fingerprint density at radius 2 is 1.97 bits per heavy atom. The van der Waals surface area contributed by atoms with Gasteiger partial charge in [0.05, 0.1) is 17.2 Å². The van der Waals surface area contributed by atoms with Crippen molar-refractivity contribution in [2.45, 2.75) is 20.8 Å². The van der Waals surface area contributed by atoms with Gasteiger partial charge in [-0.05, 0) is 54.8 Å². The van der Waals surface area contributed by atoms with E-state index in [1.54, 1.807) is 11.0 Å². The fourth-order valence-corrected chi connectivity index (χ4v) is 4.86. The van der Waals surface area contributed by atoms with Gasteiger partial charge in [-0.3, -0.25) is 9.69 Å². The third-order valence-corrected chi connectivity index (χ3v) is 6.65. The second-order valence-electron chi connectivity index (χ2n) is 8.48. The van der Waals surface area contributed by atoms with Crippen LogP contribution in [0.25, 0.3) is 23.0 Å². The number of para-hydroxylation sites is 1. The number of ether oxygens (including phenoxy) is 1. The van der Waals surface area contributed by atoms with Gasteiger partial charge in [-0.1, -0.05) is 62.1 Å². The van der Waals surface area contributed by atoms with Gasteiger partial charge in [-0.2, -0.15) is 5.10 Å². The number of hydrogen-bond donors (Lipinski definition) is 0. The maximum atomic E-state index is 12.9. The highest BCUT2D eigenvalue weighted by Crippen LogP contribution is 2.36. The Kier molecular flexibility index (Phi) is 7.34. The monoisotopic (exact) mass is 489 g/mol. The molecule has 7 heteroatoms. The molecule has 5 nitrogen and oxygen atoms in total. The van der Waals surface area contributed by atoms with E-state index in [-0.39, 0.29) is 5.91 Å². The molecule has 0 saturated carbocycles. The molecule has 1 aliphatic rings. The van der Waals surface area contributed by atoms with Gasteiger partial charge in [0.15, 0.2) is 0 Å². The summed E-state index contributed by atoms with van der Waals surface area (Å²) in [7, 11) is 0. The summed E-state index contributed by atoms with van der Waals surface area (Å²) in [6, 6.07) is 16.0. The van der Waals surface area contributed by atoms with Crippen molar-refractivity contribution in [2.24, 2.45) is 5.92 Å². The highest BCUT2D eigenvalue weighted by atomic mass is 32.2. The summed E-state index contributed by atoms with van der Waals surface area (Å²) in [5.41, 5.74) is 4.62. The average Bonchev–Trinajstić information content (AvgIpc) is 3.35. The first kappa shape index (κ1) is 24.0. The van der Waals surface area contributed by atoms with Crippen LogP contribution in [0.4, 0.5) is 0 Å². The van der Waals surface area contributed by atoms with Crippen LogP contribution in [0.2, 0.25) is 0 Å². The lowest BCUT2D eigenvalue weighted by Crippen LogP contribution is -2.27. The van der Waals surface area contributed by atoms with E-state index in [4.69, 9.17) is 22.1 Å². The zero-order valence-corrected chi connectivity index (χ0v) is 21.2. The largest absolute Gasteiger partial charge is 0.493 e. The molecular weight excluding hydrogens is 462 g/mol. The SMILES string of the molecule is C=CCN1C(=O)/C(=C/c2cn(-c3ccccc3)nc2-c2ccc(OCC(C)C)cc2C)SC1=S. The van der Waals surface area contributed by atoms with Crippen molar-refractivity contribution in [3.63, 3.8) is 0 Å². The fourth-order valence-electron chi connectivity index (χ4n) is 3.60. The molecule has 34 heavy (non-hydrogen) atoms. The topological polar surface area (TPSA) is 47.4 Å². The van der Waals surface area contributed by atoms with E-state index in [2.05, 4.69) is 20.4 Å². The Morgan fingerprint density at radius 1 is 1.21 bits per heavy atom. The Morgan fingerprint density at radius 3 is 2.65 bits per heavy atom.